The first-order valence-corrected chi connectivity index (χ1v) is 7.87. The molecule has 0 N–H and O–H groups in total. The maximum Gasteiger partial charge on any atom is 0.301 e. The van der Waals surface area contributed by atoms with E-state index in [9.17, 15) is 21.6 Å². The molecule has 0 bridgehead atoms. The van der Waals surface area contributed by atoms with Crippen molar-refractivity contribution in [3.8, 4) is 0 Å². The smallest absolute Gasteiger partial charge is 0.301 e. The summed E-state index contributed by atoms with van der Waals surface area (Å²) in [5.41, 5.74) is 0. The van der Waals surface area contributed by atoms with Crippen LogP contribution in [0.3, 0.4) is 0 Å². The summed E-state index contributed by atoms with van der Waals surface area (Å²) in [6, 6.07) is 0. The lowest BCUT2D eigenvalue weighted by Crippen LogP contribution is -2.06. The number of hydrogen-bond donors (Lipinski definition) is 0. The van der Waals surface area contributed by atoms with Gasteiger partial charge in [0, 0.05) is 12.6 Å². The SMILES string of the molecule is CCO/N=C/c1cnc(S(=O)(=O)CCC(F)=C(F)F)s1. The number of sulfone groups is 1. The predicted molar refractivity (Wildman–Crippen MR) is 68.4 cm³/mol. The molecule has 0 aliphatic heterocycles. The minimum atomic E-state index is -3.90. The van der Waals surface area contributed by atoms with Gasteiger partial charge in [0.1, 0.15) is 6.61 Å². The molecule has 5 nitrogen and oxygen atoms in total. The van der Waals surface area contributed by atoms with Gasteiger partial charge >= 0.3 is 6.08 Å². The number of halogens is 3. The largest absolute Gasteiger partial charge is 0.396 e. The minimum Gasteiger partial charge on any atom is -0.396 e. The van der Waals surface area contributed by atoms with Gasteiger partial charge in [-0.15, -0.1) is 11.3 Å². The second-order valence-corrected chi connectivity index (χ2v) is 6.76. The summed E-state index contributed by atoms with van der Waals surface area (Å²) >= 11 is 0.796. The van der Waals surface area contributed by atoms with Gasteiger partial charge in [-0.05, 0) is 6.92 Å². The van der Waals surface area contributed by atoms with Crippen LogP contribution in [0.25, 0.3) is 0 Å². The van der Waals surface area contributed by atoms with Crippen LogP contribution >= 0.6 is 11.3 Å². The Morgan fingerprint density at radius 1 is 1.50 bits per heavy atom. The van der Waals surface area contributed by atoms with Crippen LogP contribution in [0.15, 0.2) is 27.6 Å². The van der Waals surface area contributed by atoms with Crippen LogP contribution in [0.1, 0.15) is 18.2 Å². The van der Waals surface area contributed by atoms with Crippen molar-refractivity contribution in [2.45, 2.75) is 17.7 Å². The Bertz CT molecular complexity index is 607. The summed E-state index contributed by atoms with van der Waals surface area (Å²) in [5.74, 6) is -2.51. The number of hydrogen-bond acceptors (Lipinski definition) is 6. The van der Waals surface area contributed by atoms with E-state index >= 15 is 0 Å². The van der Waals surface area contributed by atoms with Gasteiger partial charge in [0.25, 0.3) is 0 Å². The van der Waals surface area contributed by atoms with E-state index in [1.54, 1.807) is 6.92 Å². The minimum absolute atomic E-state index is 0.275. The first-order chi connectivity index (χ1) is 9.36. The third kappa shape index (κ3) is 4.93. The van der Waals surface area contributed by atoms with E-state index in [2.05, 4.69) is 10.1 Å². The first-order valence-electron chi connectivity index (χ1n) is 5.40. The van der Waals surface area contributed by atoms with Crippen molar-refractivity contribution in [2.75, 3.05) is 12.4 Å². The lowest BCUT2D eigenvalue weighted by atomic mass is 10.4. The highest BCUT2D eigenvalue weighted by atomic mass is 32.2. The number of thiazole rings is 1. The number of nitrogens with zero attached hydrogens (tertiary/aromatic N) is 2. The quantitative estimate of drug-likeness (QED) is 0.570. The van der Waals surface area contributed by atoms with Gasteiger partial charge < -0.3 is 4.84 Å². The van der Waals surface area contributed by atoms with Gasteiger partial charge in [0.2, 0.25) is 14.2 Å². The van der Waals surface area contributed by atoms with Gasteiger partial charge in [-0.2, -0.15) is 8.78 Å². The van der Waals surface area contributed by atoms with Crippen molar-refractivity contribution in [3.05, 3.63) is 23.0 Å². The van der Waals surface area contributed by atoms with E-state index in [1.165, 1.54) is 12.4 Å². The van der Waals surface area contributed by atoms with Crippen LogP contribution in [0.5, 0.6) is 0 Å². The van der Waals surface area contributed by atoms with Crippen LogP contribution in [-0.4, -0.2) is 32.0 Å². The van der Waals surface area contributed by atoms with E-state index in [0.29, 0.717) is 11.5 Å². The number of allylic oxidation sites excluding steroid dienone is 1. The molecule has 0 aromatic carbocycles. The van der Waals surface area contributed by atoms with Gasteiger partial charge in [-0.1, -0.05) is 5.16 Å². The zero-order valence-electron chi connectivity index (χ0n) is 10.3. The summed E-state index contributed by atoms with van der Waals surface area (Å²) in [6.07, 6.45) is -0.861. The average molecular weight is 328 g/mol. The fraction of sp³-hybridized carbons (Fsp3) is 0.400. The van der Waals surface area contributed by atoms with Crippen LogP contribution in [0.4, 0.5) is 13.2 Å². The van der Waals surface area contributed by atoms with E-state index in [1.807, 2.05) is 0 Å². The number of oxime groups is 1. The Balaban J connectivity index is 2.76. The fourth-order valence-corrected chi connectivity index (χ4v) is 3.43. The summed E-state index contributed by atoms with van der Waals surface area (Å²) in [6.45, 7) is 2.09. The highest BCUT2D eigenvalue weighted by molar-refractivity contribution is 7.93. The third-order valence-electron chi connectivity index (χ3n) is 1.95. The topological polar surface area (TPSA) is 68.6 Å². The van der Waals surface area contributed by atoms with E-state index in [4.69, 9.17) is 4.84 Å². The second-order valence-electron chi connectivity index (χ2n) is 3.42. The standard InChI is InChI=1S/C10H11F3N2O3S2/c1-2-18-15-6-7-5-14-10(19-7)20(16,17)4-3-8(11)9(12)13/h5-6H,2-4H2,1H3/b15-6+. The molecule has 0 saturated heterocycles. The van der Waals surface area contributed by atoms with E-state index in [-0.39, 0.29) is 4.34 Å². The number of rotatable bonds is 7. The fourth-order valence-electron chi connectivity index (χ4n) is 1.04. The molecular formula is C10H11F3N2O3S2. The van der Waals surface area contributed by atoms with Crippen molar-refractivity contribution in [1.29, 1.82) is 0 Å². The van der Waals surface area contributed by atoms with Gasteiger partial charge in [0.15, 0.2) is 5.83 Å². The highest BCUT2D eigenvalue weighted by Crippen LogP contribution is 2.21. The summed E-state index contributed by atoms with van der Waals surface area (Å²) in [5, 5.41) is 3.54. The molecule has 10 heteroatoms. The molecule has 0 unspecified atom stereocenters. The Morgan fingerprint density at radius 3 is 2.80 bits per heavy atom. The molecule has 0 saturated carbocycles. The monoisotopic (exact) mass is 328 g/mol. The number of aromatic nitrogens is 1. The van der Waals surface area contributed by atoms with E-state index < -0.39 is 33.9 Å². The lowest BCUT2D eigenvalue weighted by molar-refractivity contribution is 0.160. The predicted octanol–water partition coefficient (Wildman–Crippen LogP) is 2.75. The maximum atomic E-state index is 12.6. The highest BCUT2D eigenvalue weighted by Gasteiger charge is 2.20. The Hall–Kier alpha value is -1.42. The van der Waals surface area contributed by atoms with Gasteiger partial charge in [0.05, 0.1) is 16.8 Å². The van der Waals surface area contributed by atoms with Crippen molar-refractivity contribution < 1.29 is 26.4 Å². The van der Waals surface area contributed by atoms with Crippen molar-refractivity contribution in [1.82, 2.24) is 4.98 Å². The summed E-state index contributed by atoms with van der Waals surface area (Å²) in [4.78, 5) is 8.77. The molecule has 0 spiro atoms. The maximum absolute atomic E-state index is 12.6. The zero-order valence-corrected chi connectivity index (χ0v) is 12.0. The molecular weight excluding hydrogens is 317 g/mol. The van der Waals surface area contributed by atoms with Crippen molar-refractivity contribution in [2.24, 2.45) is 5.16 Å². The van der Waals surface area contributed by atoms with Crippen molar-refractivity contribution in [3.63, 3.8) is 0 Å². The normalized spacial score (nSPS) is 11.8. The Labute approximate surface area is 117 Å². The Kier molecular flexibility index (Phi) is 6.14. The molecule has 1 aromatic rings. The molecule has 0 fully saturated rings. The molecule has 112 valence electrons. The van der Waals surface area contributed by atoms with E-state index in [0.717, 1.165) is 11.3 Å². The van der Waals surface area contributed by atoms with Crippen LogP contribution in [-0.2, 0) is 14.7 Å². The summed E-state index contributed by atoms with van der Waals surface area (Å²) in [7, 11) is -3.90. The molecule has 1 heterocycles. The molecule has 1 aromatic heterocycles. The summed E-state index contributed by atoms with van der Waals surface area (Å²) < 4.78 is 59.5. The van der Waals surface area contributed by atoms with Crippen molar-refractivity contribution >= 4 is 27.4 Å². The molecule has 20 heavy (non-hydrogen) atoms. The molecule has 0 amide bonds. The van der Waals surface area contributed by atoms with Crippen LogP contribution in [0, 0.1) is 0 Å². The molecule has 0 aliphatic rings. The first kappa shape index (κ1) is 16.6. The average Bonchev–Trinajstić information content (AvgIpc) is 2.86. The zero-order chi connectivity index (χ0) is 15.2. The molecule has 0 radical (unpaired) electrons. The van der Waals surface area contributed by atoms with Gasteiger partial charge in [-0.25, -0.2) is 17.8 Å². The molecule has 0 aliphatic carbocycles. The van der Waals surface area contributed by atoms with Gasteiger partial charge in [-0.3, -0.25) is 0 Å². The molecule has 0 atom stereocenters. The van der Waals surface area contributed by atoms with Crippen LogP contribution in [0.2, 0.25) is 0 Å². The third-order valence-corrected chi connectivity index (χ3v) is 5.06. The lowest BCUT2D eigenvalue weighted by Gasteiger charge is -1.98. The molecule has 1 rings (SSSR count). The Morgan fingerprint density at radius 2 is 2.20 bits per heavy atom. The van der Waals surface area contributed by atoms with Crippen LogP contribution < -0.4 is 0 Å². The second kappa shape index (κ2) is 7.39.